The second-order valence-electron chi connectivity index (χ2n) is 6.28. The smallest absolute Gasteiger partial charge is 0.320 e. The van der Waals surface area contributed by atoms with E-state index in [1.807, 2.05) is 16.7 Å². The quantitative estimate of drug-likeness (QED) is 0.752. The van der Waals surface area contributed by atoms with Gasteiger partial charge < -0.3 is 20.0 Å². The first kappa shape index (κ1) is 16.0. The lowest BCUT2D eigenvalue weighted by atomic mass is 9.94. The third kappa shape index (κ3) is 4.57. The summed E-state index contributed by atoms with van der Waals surface area (Å²) < 4.78 is 0. The number of likely N-dealkylation sites (tertiary alicyclic amines) is 1. The van der Waals surface area contributed by atoms with Crippen molar-refractivity contribution in [2.45, 2.75) is 31.8 Å². The Labute approximate surface area is 125 Å². The van der Waals surface area contributed by atoms with Crippen LogP contribution in [0.2, 0.25) is 0 Å². The van der Waals surface area contributed by atoms with Gasteiger partial charge in [0.05, 0.1) is 12.1 Å². The Hall–Kier alpha value is -1.34. The first-order chi connectivity index (χ1) is 9.87. The number of carbonyl (C=O) groups is 2. The number of aliphatic carboxylic acids is 1. The standard InChI is InChI=1S/C14H25N3O4/c1-14(21)3-7-17(8-4-14)13(20)16-6-2-5-15(9-10-16)11-12(18)19/h21H,2-11H2,1H3,(H,18,19). The van der Waals surface area contributed by atoms with Crippen molar-refractivity contribution < 1.29 is 19.8 Å². The number of carboxylic acids is 1. The number of carbonyl (C=O) groups excluding carboxylic acids is 1. The molecule has 2 aliphatic rings. The van der Waals surface area contributed by atoms with Crippen LogP contribution in [-0.4, -0.2) is 88.3 Å². The van der Waals surface area contributed by atoms with E-state index in [0.717, 1.165) is 6.42 Å². The van der Waals surface area contributed by atoms with E-state index in [9.17, 15) is 14.7 Å². The molecule has 0 aliphatic carbocycles. The molecule has 0 aromatic heterocycles. The fourth-order valence-corrected chi connectivity index (χ4v) is 2.89. The number of hydrogen-bond donors (Lipinski definition) is 2. The average Bonchev–Trinajstić information content (AvgIpc) is 2.63. The summed E-state index contributed by atoms with van der Waals surface area (Å²) in [6.45, 7) is 5.57. The van der Waals surface area contributed by atoms with Crippen molar-refractivity contribution in [3.05, 3.63) is 0 Å². The summed E-state index contributed by atoms with van der Waals surface area (Å²) in [5, 5.41) is 18.8. The molecule has 2 fully saturated rings. The van der Waals surface area contributed by atoms with Gasteiger partial charge in [0, 0.05) is 39.3 Å². The summed E-state index contributed by atoms with van der Waals surface area (Å²) >= 11 is 0. The summed E-state index contributed by atoms with van der Waals surface area (Å²) in [4.78, 5) is 28.7. The minimum atomic E-state index is -0.826. The fourth-order valence-electron chi connectivity index (χ4n) is 2.89. The van der Waals surface area contributed by atoms with Gasteiger partial charge in [0.2, 0.25) is 0 Å². The second-order valence-corrected chi connectivity index (χ2v) is 6.28. The number of piperidine rings is 1. The number of carboxylic acid groups (broad SMARTS) is 1. The SMILES string of the molecule is CC1(O)CCN(C(=O)N2CCCN(CC(=O)O)CC2)CC1. The average molecular weight is 299 g/mol. The van der Waals surface area contributed by atoms with Crippen molar-refractivity contribution in [2.75, 3.05) is 45.8 Å². The molecule has 7 heteroatoms. The third-order valence-corrected chi connectivity index (χ3v) is 4.33. The minimum Gasteiger partial charge on any atom is -0.480 e. The van der Waals surface area contributed by atoms with Crippen LogP contribution in [0.15, 0.2) is 0 Å². The number of rotatable bonds is 2. The highest BCUT2D eigenvalue weighted by molar-refractivity contribution is 5.74. The second kappa shape index (κ2) is 6.62. The Morgan fingerprint density at radius 1 is 1.00 bits per heavy atom. The maximum Gasteiger partial charge on any atom is 0.320 e. The fraction of sp³-hybridized carbons (Fsp3) is 0.857. The zero-order valence-electron chi connectivity index (χ0n) is 12.6. The van der Waals surface area contributed by atoms with Crippen LogP contribution in [0.5, 0.6) is 0 Å². The first-order valence-electron chi connectivity index (χ1n) is 7.58. The Kier molecular flexibility index (Phi) is 5.05. The summed E-state index contributed by atoms with van der Waals surface area (Å²) in [6, 6.07) is 0.0164. The van der Waals surface area contributed by atoms with E-state index in [2.05, 4.69) is 0 Å². The van der Waals surface area contributed by atoms with Gasteiger partial charge in [0.15, 0.2) is 0 Å². The highest BCUT2D eigenvalue weighted by atomic mass is 16.4. The van der Waals surface area contributed by atoms with Gasteiger partial charge in [0.25, 0.3) is 0 Å². The summed E-state index contributed by atoms with van der Waals surface area (Å²) in [6.07, 6.45) is 2.01. The van der Waals surface area contributed by atoms with Gasteiger partial charge in [-0.15, -0.1) is 0 Å². The van der Waals surface area contributed by atoms with Crippen LogP contribution in [0.25, 0.3) is 0 Å². The van der Waals surface area contributed by atoms with E-state index in [1.54, 1.807) is 4.90 Å². The first-order valence-corrected chi connectivity index (χ1v) is 7.58. The van der Waals surface area contributed by atoms with Crippen LogP contribution in [-0.2, 0) is 4.79 Å². The molecule has 2 aliphatic heterocycles. The molecule has 0 aromatic carbocycles. The van der Waals surface area contributed by atoms with E-state index >= 15 is 0 Å². The molecule has 0 bridgehead atoms. The molecule has 0 unspecified atom stereocenters. The van der Waals surface area contributed by atoms with Gasteiger partial charge in [-0.3, -0.25) is 9.69 Å². The van der Waals surface area contributed by atoms with Gasteiger partial charge >= 0.3 is 12.0 Å². The molecule has 2 heterocycles. The van der Waals surface area contributed by atoms with Gasteiger partial charge in [-0.1, -0.05) is 0 Å². The molecule has 0 radical (unpaired) electrons. The number of aliphatic hydroxyl groups is 1. The van der Waals surface area contributed by atoms with Crippen molar-refractivity contribution >= 4 is 12.0 Å². The maximum absolute atomic E-state index is 12.5. The molecule has 0 aromatic rings. The summed E-state index contributed by atoms with van der Waals surface area (Å²) in [5.41, 5.74) is -0.659. The van der Waals surface area contributed by atoms with Gasteiger partial charge in [-0.05, 0) is 26.2 Å². The van der Waals surface area contributed by atoms with Crippen molar-refractivity contribution in [1.29, 1.82) is 0 Å². The van der Waals surface area contributed by atoms with Crippen molar-refractivity contribution in [3.63, 3.8) is 0 Å². The Balaban J connectivity index is 1.84. The van der Waals surface area contributed by atoms with E-state index in [0.29, 0.717) is 52.1 Å². The monoisotopic (exact) mass is 299 g/mol. The largest absolute Gasteiger partial charge is 0.480 e. The summed E-state index contributed by atoms with van der Waals surface area (Å²) in [5.74, 6) is -0.826. The predicted molar refractivity (Wildman–Crippen MR) is 77.1 cm³/mol. The Morgan fingerprint density at radius 2 is 1.62 bits per heavy atom. The highest BCUT2D eigenvalue weighted by Gasteiger charge is 2.32. The van der Waals surface area contributed by atoms with E-state index in [-0.39, 0.29) is 12.6 Å². The molecule has 2 rings (SSSR count). The molecule has 7 nitrogen and oxygen atoms in total. The lowest BCUT2D eigenvalue weighted by Crippen LogP contribution is -2.51. The normalized spacial score (nSPS) is 23.7. The van der Waals surface area contributed by atoms with Crippen LogP contribution in [0, 0.1) is 0 Å². The van der Waals surface area contributed by atoms with Gasteiger partial charge in [0.1, 0.15) is 0 Å². The number of urea groups is 1. The Bertz CT molecular complexity index is 390. The van der Waals surface area contributed by atoms with Crippen molar-refractivity contribution in [1.82, 2.24) is 14.7 Å². The topological polar surface area (TPSA) is 84.3 Å². The molecule has 2 N–H and O–H groups in total. The molecule has 0 spiro atoms. The molecule has 2 saturated heterocycles. The molecule has 21 heavy (non-hydrogen) atoms. The number of amides is 2. The van der Waals surface area contributed by atoms with Gasteiger partial charge in [-0.2, -0.15) is 0 Å². The van der Waals surface area contributed by atoms with Crippen molar-refractivity contribution in [2.24, 2.45) is 0 Å². The highest BCUT2D eigenvalue weighted by Crippen LogP contribution is 2.22. The number of hydrogen-bond acceptors (Lipinski definition) is 4. The zero-order chi connectivity index (χ0) is 15.5. The Morgan fingerprint density at radius 3 is 2.24 bits per heavy atom. The van der Waals surface area contributed by atoms with E-state index in [4.69, 9.17) is 5.11 Å². The van der Waals surface area contributed by atoms with Crippen LogP contribution in [0.3, 0.4) is 0 Å². The molecule has 0 saturated carbocycles. The van der Waals surface area contributed by atoms with Gasteiger partial charge in [-0.25, -0.2) is 4.79 Å². The lowest BCUT2D eigenvalue weighted by molar-refractivity contribution is -0.138. The molecular weight excluding hydrogens is 274 g/mol. The molecule has 2 amide bonds. The maximum atomic E-state index is 12.5. The minimum absolute atomic E-state index is 0.0164. The van der Waals surface area contributed by atoms with Crippen LogP contribution in [0.4, 0.5) is 4.79 Å². The molecule has 0 atom stereocenters. The van der Waals surface area contributed by atoms with Crippen molar-refractivity contribution in [3.8, 4) is 0 Å². The van der Waals surface area contributed by atoms with E-state index < -0.39 is 11.6 Å². The molecule has 120 valence electrons. The van der Waals surface area contributed by atoms with Crippen LogP contribution < -0.4 is 0 Å². The van der Waals surface area contributed by atoms with Crippen LogP contribution in [0.1, 0.15) is 26.2 Å². The third-order valence-electron chi connectivity index (χ3n) is 4.33. The zero-order valence-corrected chi connectivity index (χ0v) is 12.6. The van der Waals surface area contributed by atoms with E-state index in [1.165, 1.54) is 0 Å². The predicted octanol–water partition coefficient (Wildman–Crippen LogP) is 0.0455. The number of nitrogens with zero attached hydrogens (tertiary/aromatic N) is 3. The summed E-state index contributed by atoms with van der Waals surface area (Å²) in [7, 11) is 0. The molecular formula is C14H25N3O4. The van der Waals surface area contributed by atoms with Crippen LogP contribution >= 0.6 is 0 Å². The lowest BCUT2D eigenvalue weighted by Gasteiger charge is -2.38.